The Morgan fingerprint density at radius 1 is 1.28 bits per heavy atom. The first kappa shape index (κ1) is 21.9. The molecule has 0 spiro atoms. The van der Waals surface area contributed by atoms with Crippen LogP contribution in [0.2, 0.25) is 0 Å². The van der Waals surface area contributed by atoms with Crippen molar-refractivity contribution in [1.82, 2.24) is 10.1 Å². The van der Waals surface area contributed by atoms with Crippen molar-refractivity contribution in [3.8, 4) is 0 Å². The van der Waals surface area contributed by atoms with Gasteiger partial charge in [-0.15, -0.1) is 11.8 Å². The Kier molecular flexibility index (Phi) is 6.75. The van der Waals surface area contributed by atoms with Crippen LogP contribution in [0.4, 0.5) is 11.5 Å². The molecule has 1 unspecified atom stereocenters. The van der Waals surface area contributed by atoms with Crippen molar-refractivity contribution in [2.75, 3.05) is 23.3 Å². The summed E-state index contributed by atoms with van der Waals surface area (Å²) in [5, 5.41) is 6.81. The van der Waals surface area contributed by atoms with Gasteiger partial charge in [0.1, 0.15) is 11.6 Å². The molecule has 2 amide bonds. The van der Waals surface area contributed by atoms with Crippen LogP contribution >= 0.6 is 11.8 Å². The minimum absolute atomic E-state index is 0.153. The lowest BCUT2D eigenvalue weighted by atomic mass is 9.97. The van der Waals surface area contributed by atoms with Crippen molar-refractivity contribution in [3.63, 3.8) is 0 Å². The molecule has 1 fully saturated rings. The molecule has 2 aromatic heterocycles. The zero-order valence-electron chi connectivity index (χ0n) is 17.8. The summed E-state index contributed by atoms with van der Waals surface area (Å²) >= 11 is 1.52. The molecule has 0 aliphatic carbocycles. The van der Waals surface area contributed by atoms with Crippen LogP contribution in [0.5, 0.6) is 0 Å². The molecule has 3 N–H and O–H groups in total. The molecule has 4 rings (SSSR count). The summed E-state index contributed by atoms with van der Waals surface area (Å²) in [5.74, 6) is 1.49. The lowest BCUT2D eigenvalue weighted by Crippen LogP contribution is -2.41. The van der Waals surface area contributed by atoms with E-state index in [0.29, 0.717) is 23.5 Å². The summed E-state index contributed by atoms with van der Waals surface area (Å²) in [6, 6.07) is 13.0. The van der Waals surface area contributed by atoms with Crippen LogP contribution in [-0.2, 0) is 10.5 Å². The van der Waals surface area contributed by atoms with Crippen molar-refractivity contribution >= 4 is 35.1 Å². The van der Waals surface area contributed by atoms with Gasteiger partial charge in [-0.2, -0.15) is 0 Å². The van der Waals surface area contributed by atoms with E-state index >= 15 is 0 Å². The molecule has 32 heavy (non-hydrogen) atoms. The molecule has 3 heterocycles. The van der Waals surface area contributed by atoms with E-state index in [2.05, 4.69) is 20.4 Å². The SMILES string of the molecule is Cc1cc(CSc2ccccc2C(=O)Nc2ccc(N3CCCC(C(N)=O)C3)nc2)on1. The van der Waals surface area contributed by atoms with Crippen LogP contribution in [0.3, 0.4) is 0 Å². The summed E-state index contributed by atoms with van der Waals surface area (Å²) in [5.41, 5.74) is 7.48. The third-order valence-electron chi connectivity index (χ3n) is 5.33. The number of benzene rings is 1. The minimum atomic E-state index is -0.270. The van der Waals surface area contributed by atoms with E-state index in [9.17, 15) is 9.59 Å². The van der Waals surface area contributed by atoms with Gasteiger partial charge in [0.25, 0.3) is 5.91 Å². The van der Waals surface area contributed by atoms with Crippen LogP contribution in [0.15, 0.2) is 58.1 Å². The van der Waals surface area contributed by atoms with Gasteiger partial charge in [0, 0.05) is 24.1 Å². The predicted octanol–water partition coefficient (Wildman–Crippen LogP) is 3.62. The molecule has 3 aromatic rings. The number of hydrogen-bond acceptors (Lipinski definition) is 7. The van der Waals surface area contributed by atoms with Crippen LogP contribution in [-0.4, -0.2) is 35.0 Å². The number of nitrogens with one attached hydrogen (secondary N) is 1. The fourth-order valence-electron chi connectivity index (χ4n) is 3.68. The van der Waals surface area contributed by atoms with E-state index in [1.807, 2.05) is 43.3 Å². The first-order valence-electron chi connectivity index (χ1n) is 10.5. The smallest absolute Gasteiger partial charge is 0.256 e. The third kappa shape index (κ3) is 5.28. The number of piperidine rings is 1. The summed E-state index contributed by atoms with van der Waals surface area (Å²) in [7, 11) is 0. The fourth-order valence-corrected chi connectivity index (χ4v) is 4.60. The molecule has 8 nitrogen and oxygen atoms in total. The first-order chi connectivity index (χ1) is 15.5. The second-order valence-electron chi connectivity index (χ2n) is 7.77. The number of aryl methyl sites for hydroxylation is 1. The average Bonchev–Trinajstić information content (AvgIpc) is 3.23. The second-order valence-corrected chi connectivity index (χ2v) is 8.78. The van der Waals surface area contributed by atoms with Gasteiger partial charge in [0.05, 0.1) is 34.8 Å². The van der Waals surface area contributed by atoms with Gasteiger partial charge in [0.2, 0.25) is 5.91 Å². The number of carbonyl (C=O) groups is 2. The molecular formula is C23H25N5O3S. The third-order valence-corrected chi connectivity index (χ3v) is 6.43. The fraction of sp³-hybridized carbons (Fsp3) is 0.304. The van der Waals surface area contributed by atoms with Gasteiger partial charge in [-0.05, 0) is 44.0 Å². The van der Waals surface area contributed by atoms with Gasteiger partial charge in [-0.3, -0.25) is 9.59 Å². The maximum atomic E-state index is 12.9. The molecule has 0 radical (unpaired) electrons. The topological polar surface area (TPSA) is 114 Å². The number of thioether (sulfide) groups is 1. The Morgan fingerprint density at radius 3 is 2.84 bits per heavy atom. The number of aromatic nitrogens is 2. The number of nitrogens with zero attached hydrogens (tertiary/aromatic N) is 3. The maximum absolute atomic E-state index is 12.9. The summed E-state index contributed by atoms with van der Waals surface area (Å²) in [6.45, 7) is 3.28. The van der Waals surface area contributed by atoms with Crippen molar-refractivity contribution in [2.45, 2.75) is 30.4 Å². The van der Waals surface area contributed by atoms with Crippen molar-refractivity contribution in [2.24, 2.45) is 11.7 Å². The number of primary amides is 1. The van der Waals surface area contributed by atoms with E-state index in [-0.39, 0.29) is 17.7 Å². The van der Waals surface area contributed by atoms with Gasteiger partial charge >= 0.3 is 0 Å². The quantitative estimate of drug-likeness (QED) is 0.527. The Labute approximate surface area is 190 Å². The zero-order valence-corrected chi connectivity index (χ0v) is 18.6. The Morgan fingerprint density at radius 2 is 2.12 bits per heavy atom. The van der Waals surface area contributed by atoms with E-state index in [0.717, 1.165) is 41.6 Å². The molecule has 166 valence electrons. The van der Waals surface area contributed by atoms with Crippen LogP contribution < -0.4 is 16.0 Å². The lowest BCUT2D eigenvalue weighted by molar-refractivity contribution is -0.122. The van der Waals surface area contributed by atoms with E-state index in [1.165, 1.54) is 11.8 Å². The first-order valence-corrected chi connectivity index (χ1v) is 11.4. The van der Waals surface area contributed by atoms with Gasteiger partial charge in [-0.1, -0.05) is 17.3 Å². The van der Waals surface area contributed by atoms with Crippen molar-refractivity contribution < 1.29 is 14.1 Å². The number of anilines is 2. The molecule has 1 aliphatic heterocycles. The lowest BCUT2D eigenvalue weighted by Gasteiger charge is -2.32. The molecule has 1 saturated heterocycles. The normalized spacial score (nSPS) is 16.0. The van der Waals surface area contributed by atoms with E-state index in [4.69, 9.17) is 10.3 Å². The van der Waals surface area contributed by atoms with Gasteiger partial charge in [0.15, 0.2) is 0 Å². The molecule has 0 saturated carbocycles. The molecule has 1 aliphatic rings. The molecular weight excluding hydrogens is 426 g/mol. The number of amides is 2. The van der Waals surface area contributed by atoms with Gasteiger partial charge < -0.3 is 20.5 Å². The molecule has 1 aromatic carbocycles. The number of hydrogen-bond donors (Lipinski definition) is 2. The highest BCUT2D eigenvalue weighted by Crippen LogP contribution is 2.28. The Hall–Kier alpha value is -3.33. The summed E-state index contributed by atoms with van der Waals surface area (Å²) < 4.78 is 5.25. The highest BCUT2D eigenvalue weighted by Gasteiger charge is 2.24. The highest BCUT2D eigenvalue weighted by molar-refractivity contribution is 7.98. The van der Waals surface area contributed by atoms with Crippen molar-refractivity contribution in [3.05, 3.63) is 65.7 Å². The zero-order chi connectivity index (χ0) is 22.5. The van der Waals surface area contributed by atoms with E-state index in [1.54, 1.807) is 12.3 Å². The standard InChI is InChI=1S/C23H25N5O3S/c1-15-11-18(31-27-15)14-32-20-7-3-2-6-19(20)23(30)26-17-8-9-21(25-12-17)28-10-4-5-16(13-28)22(24)29/h2-3,6-9,11-12,16H,4-5,10,13-14H2,1H3,(H2,24,29)(H,26,30). The largest absolute Gasteiger partial charge is 0.369 e. The highest BCUT2D eigenvalue weighted by atomic mass is 32.2. The van der Waals surface area contributed by atoms with Crippen LogP contribution in [0.25, 0.3) is 0 Å². The minimum Gasteiger partial charge on any atom is -0.369 e. The van der Waals surface area contributed by atoms with E-state index < -0.39 is 0 Å². The summed E-state index contributed by atoms with van der Waals surface area (Å²) in [4.78, 5) is 31.8. The second kappa shape index (κ2) is 9.86. The predicted molar refractivity (Wildman–Crippen MR) is 124 cm³/mol. The maximum Gasteiger partial charge on any atom is 0.256 e. The number of carbonyl (C=O) groups excluding carboxylic acids is 2. The Balaban J connectivity index is 1.40. The molecule has 1 atom stereocenters. The number of rotatable bonds is 7. The number of pyridine rings is 1. The Bertz CT molecular complexity index is 1100. The van der Waals surface area contributed by atoms with Crippen LogP contribution in [0, 0.1) is 12.8 Å². The van der Waals surface area contributed by atoms with Crippen LogP contribution in [0.1, 0.15) is 34.7 Å². The number of nitrogens with two attached hydrogens (primary N) is 1. The average molecular weight is 452 g/mol. The van der Waals surface area contributed by atoms with Gasteiger partial charge in [-0.25, -0.2) is 4.98 Å². The van der Waals surface area contributed by atoms with Crippen molar-refractivity contribution in [1.29, 1.82) is 0 Å². The molecule has 0 bridgehead atoms. The molecule has 9 heteroatoms. The summed E-state index contributed by atoms with van der Waals surface area (Å²) in [6.07, 6.45) is 3.34. The monoisotopic (exact) mass is 451 g/mol.